The summed E-state index contributed by atoms with van der Waals surface area (Å²) in [6.07, 6.45) is 2.06. The summed E-state index contributed by atoms with van der Waals surface area (Å²) in [7, 11) is 0. The lowest BCUT2D eigenvalue weighted by molar-refractivity contribution is 0.112. The van der Waals surface area contributed by atoms with E-state index in [4.69, 9.17) is 10.00 Å². The highest BCUT2D eigenvalue weighted by molar-refractivity contribution is 5.74. The molecule has 0 atom stereocenters. The topological polar surface area (TPSA) is 63.0 Å². The van der Waals surface area contributed by atoms with Gasteiger partial charge in [-0.3, -0.25) is 4.79 Å². The number of carbonyl (C=O) groups is 1. The van der Waals surface area contributed by atoms with Gasteiger partial charge >= 0.3 is 0 Å². The summed E-state index contributed by atoms with van der Waals surface area (Å²) in [5, 5.41) is 8.86. The maximum atomic E-state index is 13.6. The summed E-state index contributed by atoms with van der Waals surface area (Å²) >= 11 is 0. The van der Waals surface area contributed by atoms with Crippen molar-refractivity contribution in [3.63, 3.8) is 0 Å². The van der Waals surface area contributed by atoms with Crippen LogP contribution in [0.3, 0.4) is 0 Å². The first kappa shape index (κ1) is 12.7. The van der Waals surface area contributed by atoms with Crippen LogP contribution in [0.2, 0.25) is 0 Å². The summed E-state index contributed by atoms with van der Waals surface area (Å²) in [6, 6.07) is 9.22. The normalized spacial score (nSPS) is 9.68. The van der Waals surface area contributed by atoms with E-state index in [9.17, 15) is 9.18 Å². The van der Waals surface area contributed by atoms with E-state index in [1.54, 1.807) is 12.1 Å². The Morgan fingerprint density at radius 2 is 2.26 bits per heavy atom. The smallest absolute Gasteiger partial charge is 0.165 e. The van der Waals surface area contributed by atoms with Gasteiger partial charge in [-0.2, -0.15) is 5.26 Å². The van der Waals surface area contributed by atoms with E-state index in [2.05, 4.69) is 4.98 Å². The van der Waals surface area contributed by atoms with Gasteiger partial charge < -0.3 is 4.74 Å². The fraction of sp³-hybridized carbons (Fsp3) is 0.0714. The molecule has 0 unspecified atom stereocenters. The zero-order valence-corrected chi connectivity index (χ0v) is 9.84. The van der Waals surface area contributed by atoms with Crippen molar-refractivity contribution in [3.8, 4) is 11.8 Å². The number of ether oxygens (including phenoxy) is 1. The quantitative estimate of drug-likeness (QED) is 0.788. The number of aromatic nitrogens is 1. The molecule has 1 aromatic carbocycles. The molecule has 0 N–H and O–H groups in total. The molecule has 0 radical (unpaired) electrons. The first-order valence-corrected chi connectivity index (χ1v) is 5.46. The number of nitrogens with zero attached hydrogens (tertiary/aromatic N) is 2. The molecular formula is C14H9FN2O2. The Labute approximate surface area is 109 Å². The van der Waals surface area contributed by atoms with E-state index in [-0.39, 0.29) is 23.6 Å². The molecule has 94 valence electrons. The Hall–Kier alpha value is -2.74. The molecule has 4 nitrogen and oxygen atoms in total. The van der Waals surface area contributed by atoms with Gasteiger partial charge in [-0.1, -0.05) is 6.07 Å². The molecule has 2 rings (SSSR count). The third kappa shape index (κ3) is 2.93. The first-order valence-electron chi connectivity index (χ1n) is 5.46. The molecule has 0 aliphatic carbocycles. The predicted molar refractivity (Wildman–Crippen MR) is 65.1 cm³/mol. The van der Waals surface area contributed by atoms with Crippen LogP contribution in [0, 0.1) is 17.1 Å². The second kappa shape index (κ2) is 5.74. The molecule has 0 aliphatic rings. The molecule has 0 fully saturated rings. The monoisotopic (exact) mass is 256 g/mol. The molecule has 0 saturated heterocycles. The highest BCUT2D eigenvalue weighted by Gasteiger charge is 2.07. The molecule has 0 spiro atoms. The van der Waals surface area contributed by atoms with Crippen molar-refractivity contribution in [2.24, 2.45) is 0 Å². The Morgan fingerprint density at radius 1 is 1.42 bits per heavy atom. The van der Waals surface area contributed by atoms with Crippen LogP contribution < -0.4 is 4.74 Å². The molecule has 1 heterocycles. The predicted octanol–water partition coefficient (Wildman–Crippen LogP) is 2.48. The van der Waals surface area contributed by atoms with Gasteiger partial charge in [-0.05, 0) is 24.3 Å². The van der Waals surface area contributed by atoms with E-state index >= 15 is 0 Å². The number of hydrogen-bond acceptors (Lipinski definition) is 4. The highest BCUT2D eigenvalue weighted by atomic mass is 19.1. The van der Waals surface area contributed by atoms with Crippen LogP contribution in [0.15, 0.2) is 36.5 Å². The van der Waals surface area contributed by atoms with E-state index in [0.717, 1.165) is 6.07 Å². The largest absolute Gasteiger partial charge is 0.486 e. The van der Waals surface area contributed by atoms with Gasteiger partial charge in [-0.25, -0.2) is 9.37 Å². The van der Waals surface area contributed by atoms with E-state index in [1.165, 1.54) is 18.3 Å². The number of aldehydes is 1. The molecule has 0 amide bonds. The maximum absolute atomic E-state index is 13.6. The fourth-order valence-corrected chi connectivity index (χ4v) is 1.52. The van der Waals surface area contributed by atoms with Crippen LogP contribution in [-0.2, 0) is 6.61 Å². The number of nitriles is 1. The summed E-state index contributed by atoms with van der Waals surface area (Å²) in [6.45, 7) is 0.0358. The molecule has 0 saturated carbocycles. The zero-order chi connectivity index (χ0) is 13.7. The second-order valence-electron chi connectivity index (χ2n) is 3.72. The minimum absolute atomic E-state index is 0.0262. The summed E-state index contributed by atoms with van der Waals surface area (Å²) < 4.78 is 18.8. The van der Waals surface area contributed by atoms with Crippen molar-refractivity contribution in [3.05, 3.63) is 59.2 Å². The van der Waals surface area contributed by atoms with Gasteiger partial charge in [0.1, 0.15) is 24.7 Å². The molecular weight excluding hydrogens is 247 g/mol. The van der Waals surface area contributed by atoms with Crippen LogP contribution in [0.5, 0.6) is 5.75 Å². The van der Waals surface area contributed by atoms with E-state index < -0.39 is 5.82 Å². The zero-order valence-electron chi connectivity index (χ0n) is 9.84. The Morgan fingerprint density at radius 3 is 2.95 bits per heavy atom. The SMILES string of the molecule is N#Cc1ncccc1COc1ccc(C=O)cc1F. The van der Waals surface area contributed by atoms with Crippen LogP contribution in [-0.4, -0.2) is 11.3 Å². The van der Waals surface area contributed by atoms with Gasteiger partial charge in [0.05, 0.1) is 0 Å². The van der Waals surface area contributed by atoms with Gasteiger partial charge in [-0.15, -0.1) is 0 Å². The number of benzene rings is 1. The van der Waals surface area contributed by atoms with Crippen LogP contribution in [0.4, 0.5) is 4.39 Å². The second-order valence-corrected chi connectivity index (χ2v) is 3.72. The molecule has 2 aromatic rings. The minimum atomic E-state index is -0.619. The number of hydrogen-bond donors (Lipinski definition) is 0. The molecule has 0 bridgehead atoms. The first-order chi connectivity index (χ1) is 9.24. The maximum Gasteiger partial charge on any atom is 0.165 e. The van der Waals surface area contributed by atoms with Gasteiger partial charge in [0.25, 0.3) is 0 Å². The lowest BCUT2D eigenvalue weighted by atomic mass is 10.2. The average Bonchev–Trinajstić information content (AvgIpc) is 2.46. The van der Waals surface area contributed by atoms with Crippen molar-refractivity contribution in [2.75, 3.05) is 0 Å². The fourth-order valence-electron chi connectivity index (χ4n) is 1.52. The lowest BCUT2D eigenvalue weighted by Gasteiger charge is -2.08. The lowest BCUT2D eigenvalue weighted by Crippen LogP contribution is -2.01. The van der Waals surface area contributed by atoms with Crippen molar-refractivity contribution in [2.45, 2.75) is 6.61 Å². The highest BCUT2D eigenvalue weighted by Crippen LogP contribution is 2.19. The van der Waals surface area contributed by atoms with Crippen molar-refractivity contribution in [1.29, 1.82) is 5.26 Å². The molecule has 5 heteroatoms. The summed E-state index contributed by atoms with van der Waals surface area (Å²) in [5.74, 6) is -0.592. The van der Waals surface area contributed by atoms with Crippen LogP contribution in [0.1, 0.15) is 21.6 Å². The number of carbonyl (C=O) groups excluding carboxylic acids is 1. The summed E-state index contributed by atoms with van der Waals surface area (Å²) in [4.78, 5) is 14.4. The van der Waals surface area contributed by atoms with Gasteiger partial charge in [0.15, 0.2) is 11.6 Å². The van der Waals surface area contributed by atoms with E-state index in [0.29, 0.717) is 11.8 Å². The van der Waals surface area contributed by atoms with Crippen molar-refractivity contribution >= 4 is 6.29 Å². The number of rotatable bonds is 4. The van der Waals surface area contributed by atoms with Crippen LogP contribution in [0.25, 0.3) is 0 Å². The third-order valence-corrected chi connectivity index (χ3v) is 2.47. The number of halogens is 1. The van der Waals surface area contributed by atoms with Crippen LogP contribution >= 0.6 is 0 Å². The Kier molecular flexibility index (Phi) is 3.84. The van der Waals surface area contributed by atoms with E-state index in [1.807, 2.05) is 6.07 Å². The summed E-state index contributed by atoms with van der Waals surface area (Å²) in [5.41, 5.74) is 1.06. The van der Waals surface area contributed by atoms with Crippen molar-refractivity contribution in [1.82, 2.24) is 4.98 Å². The molecule has 19 heavy (non-hydrogen) atoms. The minimum Gasteiger partial charge on any atom is -0.486 e. The average molecular weight is 256 g/mol. The molecule has 1 aromatic heterocycles. The Bertz CT molecular complexity index is 650. The molecule has 0 aliphatic heterocycles. The van der Waals surface area contributed by atoms with Gasteiger partial charge in [0.2, 0.25) is 0 Å². The standard InChI is InChI=1S/C14H9FN2O2/c15-12-6-10(8-18)3-4-14(12)19-9-11-2-1-5-17-13(11)7-16/h1-6,8H,9H2. The van der Waals surface area contributed by atoms with Gasteiger partial charge in [0, 0.05) is 17.3 Å². The van der Waals surface area contributed by atoms with Crippen molar-refractivity contribution < 1.29 is 13.9 Å². The Balaban J connectivity index is 2.15. The number of pyridine rings is 1. The third-order valence-electron chi connectivity index (χ3n) is 2.47.